The average molecular weight is 375 g/mol. The van der Waals surface area contributed by atoms with Gasteiger partial charge in [0.1, 0.15) is 17.7 Å². The second-order valence-electron chi connectivity index (χ2n) is 7.29. The Hall–Kier alpha value is -3.17. The van der Waals surface area contributed by atoms with E-state index in [-0.39, 0.29) is 11.6 Å². The normalized spacial score (nSPS) is 16.8. The molecular formula is C22H22FN5. The van der Waals surface area contributed by atoms with Crippen molar-refractivity contribution >= 4 is 5.82 Å². The molecular weight excluding hydrogens is 353 g/mol. The monoisotopic (exact) mass is 375 g/mol. The van der Waals surface area contributed by atoms with Crippen molar-refractivity contribution in [3.63, 3.8) is 0 Å². The zero-order chi connectivity index (χ0) is 19.7. The van der Waals surface area contributed by atoms with Gasteiger partial charge in [-0.2, -0.15) is 10.4 Å². The summed E-state index contributed by atoms with van der Waals surface area (Å²) < 4.78 is 16.0. The highest BCUT2D eigenvalue weighted by atomic mass is 19.1. The Morgan fingerprint density at radius 2 is 1.96 bits per heavy atom. The van der Waals surface area contributed by atoms with Crippen molar-refractivity contribution in [1.82, 2.24) is 9.78 Å². The minimum absolute atomic E-state index is 0.0314. The SMILES string of the molecule is Cc1ccc(-n2nc(-c3ccc(C#N)c(F)c3)cc2N2CCC[C@@H](N)C2)cc1. The zero-order valence-electron chi connectivity index (χ0n) is 15.8. The van der Waals surface area contributed by atoms with Crippen molar-refractivity contribution in [2.75, 3.05) is 18.0 Å². The van der Waals surface area contributed by atoms with Crippen LogP contribution in [0.1, 0.15) is 24.0 Å². The van der Waals surface area contributed by atoms with Crippen LogP contribution in [0, 0.1) is 24.1 Å². The van der Waals surface area contributed by atoms with Gasteiger partial charge in [0.2, 0.25) is 0 Å². The number of hydrogen-bond donors (Lipinski definition) is 1. The first-order chi connectivity index (χ1) is 13.5. The second-order valence-corrected chi connectivity index (χ2v) is 7.29. The Morgan fingerprint density at radius 1 is 1.18 bits per heavy atom. The van der Waals surface area contributed by atoms with E-state index < -0.39 is 5.82 Å². The maximum absolute atomic E-state index is 14.1. The van der Waals surface area contributed by atoms with Crippen LogP contribution >= 0.6 is 0 Å². The van der Waals surface area contributed by atoms with Gasteiger partial charge in [-0.25, -0.2) is 9.07 Å². The molecule has 2 aromatic carbocycles. The molecule has 0 radical (unpaired) electrons. The summed E-state index contributed by atoms with van der Waals surface area (Å²) in [5.74, 6) is 0.408. The van der Waals surface area contributed by atoms with Gasteiger partial charge in [-0.15, -0.1) is 0 Å². The molecule has 2 N–H and O–H groups in total. The van der Waals surface area contributed by atoms with Gasteiger partial charge in [-0.1, -0.05) is 23.8 Å². The fraction of sp³-hybridized carbons (Fsp3) is 0.273. The maximum atomic E-state index is 14.1. The first-order valence-corrected chi connectivity index (χ1v) is 9.43. The lowest BCUT2D eigenvalue weighted by molar-refractivity contribution is 0.500. The number of aryl methyl sites for hydroxylation is 1. The van der Waals surface area contributed by atoms with E-state index in [0.717, 1.165) is 37.4 Å². The molecule has 28 heavy (non-hydrogen) atoms. The quantitative estimate of drug-likeness (QED) is 0.756. The minimum atomic E-state index is -0.536. The number of nitrogens with zero attached hydrogens (tertiary/aromatic N) is 4. The fourth-order valence-electron chi connectivity index (χ4n) is 3.60. The van der Waals surface area contributed by atoms with Crippen molar-refractivity contribution in [3.05, 3.63) is 65.5 Å². The summed E-state index contributed by atoms with van der Waals surface area (Å²) in [7, 11) is 0. The minimum Gasteiger partial charge on any atom is -0.355 e. The van der Waals surface area contributed by atoms with Crippen LogP contribution in [0.5, 0.6) is 0 Å². The van der Waals surface area contributed by atoms with Crippen LogP contribution in [-0.4, -0.2) is 28.9 Å². The predicted octanol–water partition coefficient (Wildman–Crippen LogP) is 3.79. The van der Waals surface area contributed by atoms with E-state index in [1.165, 1.54) is 17.7 Å². The Balaban J connectivity index is 1.80. The van der Waals surface area contributed by atoms with Gasteiger partial charge in [-0.3, -0.25) is 0 Å². The van der Waals surface area contributed by atoms with Gasteiger partial charge in [0.15, 0.2) is 0 Å². The Morgan fingerprint density at radius 3 is 2.64 bits per heavy atom. The molecule has 1 aliphatic heterocycles. The number of aromatic nitrogens is 2. The van der Waals surface area contributed by atoms with E-state index in [9.17, 15) is 4.39 Å². The van der Waals surface area contributed by atoms with Gasteiger partial charge in [-0.05, 0) is 44.0 Å². The van der Waals surface area contributed by atoms with Gasteiger partial charge >= 0.3 is 0 Å². The van der Waals surface area contributed by atoms with E-state index in [4.69, 9.17) is 16.1 Å². The third kappa shape index (κ3) is 3.49. The summed E-state index contributed by atoms with van der Waals surface area (Å²) in [6.07, 6.45) is 2.05. The Bertz CT molecular complexity index is 1030. The standard InChI is InChI=1S/C22H22FN5/c1-15-4-8-19(9-5-15)28-22(27-10-2-3-18(25)14-27)12-21(26-28)16-6-7-17(13-24)20(23)11-16/h4-9,11-12,18H,2-3,10,14,25H2,1H3/t18-/m1/s1. The summed E-state index contributed by atoms with van der Waals surface area (Å²) >= 11 is 0. The summed E-state index contributed by atoms with van der Waals surface area (Å²) in [6, 6.07) is 16.7. The molecule has 3 aromatic rings. The summed E-state index contributed by atoms with van der Waals surface area (Å²) in [5.41, 5.74) is 9.65. The largest absolute Gasteiger partial charge is 0.355 e. The molecule has 0 spiro atoms. The molecule has 1 fully saturated rings. The second kappa shape index (κ2) is 7.45. The van der Waals surface area contributed by atoms with E-state index in [2.05, 4.69) is 4.90 Å². The molecule has 142 valence electrons. The predicted molar refractivity (Wildman–Crippen MR) is 108 cm³/mol. The third-order valence-electron chi connectivity index (χ3n) is 5.14. The number of benzene rings is 2. The van der Waals surface area contributed by atoms with Gasteiger partial charge < -0.3 is 10.6 Å². The molecule has 5 nitrogen and oxygen atoms in total. The molecule has 0 bridgehead atoms. The highest BCUT2D eigenvalue weighted by Gasteiger charge is 2.22. The lowest BCUT2D eigenvalue weighted by Crippen LogP contribution is -2.43. The number of nitriles is 1. The van der Waals surface area contributed by atoms with Crippen molar-refractivity contribution < 1.29 is 4.39 Å². The van der Waals surface area contributed by atoms with Crippen LogP contribution in [0.15, 0.2) is 48.5 Å². The number of piperidine rings is 1. The van der Waals surface area contributed by atoms with Crippen LogP contribution in [0.2, 0.25) is 0 Å². The van der Waals surface area contributed by atoms with Crippen molar-refractivity contribution in [3.8, 4) is 23.0 Å². The Labute approximate surface area is 163 Å². The first-order valence-electron chi connectivity index (χ1n) is 9.43. The lowest BCUT2D eigenvalue weighted by Gasteiger charge is -2.32. The number of hydrogen-bond acceptors (Lipinski definition) is 4. The third-order valence-corrected chi connectivity index (χ3v) is 5.14. The summed E-state index contributed by atoms with van der Waals surface area (Å²) in [6.45, 7) is 3.72. The molecule has 1 aromatic heterocycles. The van der Waals surface area contributed by atoms with Crippen LogP contribution in [0.4, 0.5) is 10.2 Å². The fourth-order valence-corrected chi connectivity index (χ4v) is 3.60. The zero-order valence-corrected chi connectivity index (χ0v) is 15.8. The molecule has 1 aliphatic rings. The lowest BCUT2D eigenvalue weighted by atomic mass is 10.1. The summed E-state index contributed by atoms with van der Waals surface area (Å²) in [5, 5.41) is 13.7. The first kappa shape index (κ1) is 18.2. The van der Waals surface area contributed by atoms with E-state index in [1.54, 1.807) is 6.07 Å². The van der Waals surface area contributed by atoms with Crippen molar-refractivity contribution in [2.24, 2.45) is 5.73 Å². The van der Waals surface area contributed by atoms with Crippen LogP contribution < -0.4 is 10.6 Å². The van der Waals surface area contributed by atoms with Crippen LogP contribution in [0.25, 0.3) is 16.9 Å². The van der Waals surface area contributed by atoms with Gasteiger partial charge in [0.05, 0.1) is 16.9 Å². The van der Waals surface area contributed by atoms with Crippen molar-refractivity contribution in [1.29, 1.82) is 5.26 Å². The molecule has 0 amide bonds. The van der Waals surface area contributed by atoms with E-state index in [1.807, 2.05) is 48.0 Å². The number of halogens is 1. The highest BCUT2D eigenvalue weighted by molar-refractivity contribution is 5.66. The van der Waals surface area contributed by atoms with E-state index in [0.29, 0.717) is 11.3 Å². The molecule has 0 unspecified atom stereocenters. The van der Waals surface area contributed by atoms with Gasteiger partial charge in [0, 0.05) is 30.8 Å². The molecule has 6 heteroatoms. The summed E-state index contributed by atoms with van der Waals surface area (Å²) in [4.78, 5) is 2.24. The molecule has 1 atom stereocenters. The number of anilines is 1. The van der Waals surface area contributed by atoms with Gasteiger partial charge in [0.25, 0.3) is 0 Å². The number of rotatable bonds is 3. The molecule has 0 saturated carbocycles. The van der Waals surface area contributed by atoms with E-state index >= 15 is 0 Å². The topological polar surface area (TPSA) is 70.9 Å². The molecule has 2 heterocycles. The Kier molecular flexibility index (Phi) is 4.84. The van der Waals surface area contributed by atoms with Crippen LogP contribution in [0.3, 0.4) is 0 Å². The van der Waals surface area contributed by atoms with Crippen LogP contribution in [-0.2, 0) is 0 Å². The molecule has 1 saturated heterocycles. The maximum Gasteiger partial charge on any atom is 0.141 e. The highest BCUT2D eigenvalue weighted by Crippen LogP contribution is 2.30. The van der Waals surface area contributed by atoms with Crippen molar-refractivity contribution in [2.45, 2.75) is 25.8 Å². The molecule has 4 rings (SSSR count). The number of nitrogens with two attached hydrogens (primary N) is 1. The molecule has 0 aliphatic carbocycles. The smallest absolute Gasteiger partial charge is 0.141 e. The average Bonchev–Trinajstić information content (AvgIpc) is 3.14.